The Morgan fingerprint density at radius 2 is 1.82 bits per heavy atom. The van der Waals surface area contributed by atoms with Gasteiger partial charge in [0.1, 0.15) is 0 Å². The number of nitrogens with one attached hydrogen (secondary N) is 1. The van der Waals surface area contributed by atoms with Gasteiger partial charge in [0.25, 0.3) is 0 Å². The topological polar surface area (TPSA) is 82.1 Å². The summed E-state index contributed by atoms with van der Waals surface area (Å²) in [6.45, 7) is 0. The zero-order valence-electron chi connectivity index (χ0n) is 15.1. The molecule has 0 saturated carbocycles. The molecule has 5 nitrogen and oxygen atoms in total. The third-order valence-electron chi connectivity index (χ3n) is 3.77. The number of halogens is 1. The molecule has 0 fully saturated rings. The number of anilines is 1. The number of carbonyl (C=O) groups excluding carboxylic acids is 2. The smallest absolute Gasteiger partial charge is 0.545 e. The van der Waals surface area contributed by atoms with Crippen molar-refractivity contribution in [1.82, 2.24) is 4.98 Å². The van der Waals surface area contributed by atoms with Crippen LogP contribution in [-0.2, 0) is 4.79 Å². The fourth-order valence-electron chi connectivity index (χ4n) is 2.50. The maximum Gasteiger partial charge on any atom is 1.00 e. The number of rotatable bonds is 5. The van der Waals surface area contributed by atoms with Gasteiger partial charge >= 0.3 is 29.6 Å². The van der Waals surface area contributed by atoms with Crippen LogP contribution in [0.4, 0.5) is 5.69 Å². The van der Waals surface area contributed by atoms with Crippen LogP contribution in [0.2, 0.25) is 5.02 Å². The summed E-state index contributed by atoms with van der Waals surface area (Å²) in [5, 5.41) is 13.9. The van der Waals surface area contributed by atoms with E-state index in [1.54, 1.807) is 18.5 Å². The van der Waals surface area contributed by atoms with Crippen LogP contribution in [0.25, 0.3) is 17.2 Å². The van der Waals surface area contributed by atoms with Gasteiger partial charge in [0, 0.05) is 34.6 Å². The van der Waals surface area contributed by atoms with Gasteiger partial charge in [-0.25, -0.2) is 0 Å². The van der Waals surface area contributed by atoms with Crippen molar-refractivity contribution in [1.29, 1.82) is 0 Å². The Kier molecular flexibility index (Phi) is 7.96. The van der Waals surface area contributed by atoms with Gasteiger partial charge in [0.05, 0.1) is 11.7 Å². The average molecular weight is 401 g/mol. The molecule has 3 aromatic rings. The van der Waals surface area contributed by atoms with Gasteiger partial charge in [-0.2, -0.15) is 0 Å². The molecule has 1 heterocycles. The molecule has 2 aromatic carbocycles. The molecule has 1 amide bonds. The van der Waals surface area contributed by atoms with Gasteiger partial charge < -0.3 is 15.2 Å². The molecule has 0 spiro atoms. The molecule has 0 saturated heterocycles. The number of carboxylic acid groups (broad SMARTS) is 1. The largest absolute Gasteiger partial charge is 1.00 e. The first kappa shape index (κ1) is 21.9. The number of benzene rings is 2. The van der Waals surface area contributed by atoms with Gasteiger partial charge in [-0.15, -0.1) is 0 Å². The normalized spacial score (nSPS) is 10.3. The quantitative estimate of drug-likeness (QED) is 0.497. The predicted octanol–water partition coefficient (Wildman–Crippen LogP) is 0.421. The van der Waals surface area contributed by atoms with Crippen molar-refractivity contribution in [2.75, 3.05) is 5.32 Å². The molecule has 0 radical (unpaired) electrons. The first-order valence-electron chi connectivity index (χ1n) is 8.03. The van der Waals surface area contributed by atoms with E-state index in [1.807, 2.05) is 36.4 Å². The average Bonchev–Trinajstić information content (AvgIpc) is 2.68. The minimum atomic E-state index is -1.42. The maximum atomic E-state index is 12.1. The Morgan fingerprint density at radius 1 is 1.04 bits per heavy atom. The van der Waals surface area contributed by atoms with E-state index < -0.39 is 11.9 Å². The number of carboxylic acids is 1. The van der Waals surface area contributed by atoms with Crippen molar-refractivity contribution < 1.29 is 44.3 Å². The SMILES string of the molecule is O=C(/C=C/c1cccc(-c2cccnc2)c1)Nc1ccc(Cl)cc1C(=O)[O-].[Na+]. The van der Waals surface area contributed by atoms with Gasteiger partial charge in [-0.3, -0.25) is 9.78 Å². The van der Waals surface area contributed by atoms with Gasteiger partial charge in [-0.05, 0) is 47.5 Å². The van der Waals surface area contributed by atoms with Crippen LogP contribution in [0.1, 0.15) is 15.9 Å². The van der Waals surface area contributed by atoms with Crippen molar-refractivity contribution in [3.63, 3.8) is 0 Å². The fourth-order valence-corrected chi connectivity index (χ4v) is 2.67. The molecule has 0 aliphatic heterocycles. The standard InChI is InChI=1S/C21H15ClN2O3.Na/c22-17-7-8-19(18(12-17)21(26)27)24-20(25)9-6-14-3-1-4-15(11-14)16-5-2-10-23-13-16;/h1-13H,(H,24,25)(H,26,27);/q;+1/p-1/b9-6+;. The summed E-state index contributed by atoms with van der Waals surface area (Å²) >= 11 is 5.78. The molecule has 1 N–H and O–H groups in total. The molecule has 0 atom stereocenters. The molecule has 0 aliphatic carbocycles. The van der Waals surface area contributed by atoms with E-state index in [9.17, 15) is 14.7 Å². The molecule has 0 aliphatic rings. The summed E-state index contributed by atoms with van der Waals surface area (Å²) in [5.41, 5.74) is 2.71. The Morgan fingerprint density at radius 3 is 2.54 bits per heavy atom. The fraction of sp³-hybridized carbons (Fsp3) is 0. The van der Waals surface area contributed by atoms with Crippen molar-refractivity contribution in [2.45, 2.75) is 0 Å². The van der Waals surface area contributed by atoms with E-state index in [4.69, 9.17) is 11.6 Å². The third kappa shape index (κ3) is 5.78. The maximum absolute atomic E-state index is 12.1. The van der Waals surface area contributed by atoms with E-state index >= 15 is 0 Å². The number of aromatic carboxylic acids is 1. The van der Waals surface area contributed by atoms with E-state index in [0.29, 0.717) is 0 Å². The van der Waals surface area contributed by atoms with Crippen LogP contribution < -0.4 is 40.0 Å². The molecule has 0 bridgehead atoms. The predicted molar refractivity (Wildman–Crippen MR) is 103 cm³/mol. The first-order valence-corrected chi connectivity index (χ1v) is 8.41. The van der Waals surface area contributed by atoms with Gasteiger partial charge in [-0.1, -0.05) is 35.9 Å². The molecule has 0 unspecified atom stereocenters. The van der Waals surface area contributed by atoms with E-state index in [2.05, 4.69) is 10.3 Å². The van der Waals surface area contributed by atoms with Crippen LogP contribution in [0.3, 0.4) is 0 Å². The van der Waals surface area contributed by atoms with Crippen molar-refractivity contribution in [3.05, 3.63) is 89.2 Å². The number of aromatic nitrogens is 1. The summed E-state index contributed by atoms with van der Waals surface area (Å²) in [4.78, 5) is 27.4. The Balaban J connectivity index is 0.00000280. The van der Waals surface area contributed by atoms with E-state index in [1.165, 1.54) is 24.3 Å². The summed E-state index contributed by atoms with van der Waals surface area (Å²) in [6.07, 6.45) is 6.44. The summed E-state index contributed by atoms with van der Waals surface area (Å²) in [7, 11) is 0. The van der Waals surface area contributed by atoms with E-state index in [0.717, 1.165) is 16.7 Å². The third-order valence-corrected chi connectivity index (χ3v) is 4.00. The molecular formula is C21H14ClN2NaO3. The van der Waals surface area contributed by atoms with Crippen molar-refractivity contribution in [2.24, 2.45) is 0 Å². The second kappa shape index (κ2) is 10.2. The molecule has 134 valence electrons. The summed E-state index contributed by atoms with van der Waals surface area (Å²) < 4.78 is 0. The second-order valence-corrected chi connectivity index (χ2v) is 6.10. The zero-order chi connectivity index (χ0) is 19.2. The van der Waals surface area contributed by atoms with Crippen LogP contribution in [0.5, 0.6) is 0 Å². The van der Waals surface area contributed by atoms with Crippen molar-refractivity contribution >= 4 is 35.2 Å². The van der Waals surface area contributed by atoms with Crippen molar-refractivity contribution in [3.8, 4) is 11.1 Å². The minimum absolute atomic E-state index is 0. The molecule has 7 heteroatoms. The number of nitrogens with zero attached hydrogens (tertiary/aromatic N) is 1. The molecule has 28 heavy (non-hydrogen) atoms. The zero-order valence-corrected chi connectivity index (χ0v) is 17.8. The van der Waals surface area contributed by atoms with Crippen LogP contribution >= 0.6 is 11.6 Å². The van der Waals surface area contributed by atoms with E-state index in [-0.39, 0.29) is 45.8 Å². The number of hydrogen-bond acceptors (Lipinski definition) is 4. The number of hydrogen-bond donors (Lipinski definition) is 1. The summed E-state index contributed by atoms with van der Waals surface area (Å²) in [6, 6.07) is 15.6. The molecular weight excluding hydrogens is 387 g/mol. The molecule has 3 rings (SSSR count). The van der Waals surface area contributed by atoms with Crippen LogP contribution in [0.15, 0.2) is 73.1 Å². The van der Waals surface area contributed by atoms with Crippen LogP contribution in [-0.4, -0.2) is 16.9 Å². The van der Waals surface area contributed by atoms with Gasteiger partial charge in [0.15, 0.2) is 0 Å². The number of carbonyl (C=O) groups is 2. The monoisotopic (exact) mass is 400 g/mol. The Hall–Kier alpha value is -2.44. The Bertz CT molecular complexity index is 1020. The first-order chi connectivity index (χ1) is 13.0. The Labute approximate surface area is 189 Å². The second-order valence-electron chi connectivity index (χ2n) is 5.67. The van der Waals surface area contributed by atoms with Gasteiger partial charge in [0.2, 0.25) is 5.91 Å². The number of pyridine rings is 1. The summed E-state index contributed by atoms with van der Waals surface area (Å²) in [5.74, 6) is -1.88. The van der Waals surface area contributed by atoms with Crippen LogP contribution in [0, 0.1) is 0 Å². The minimum Gasteiger partial charge on any atom is -0.545 e. The molecule has 1 aromatic heterocycles. The number of amides is 1.